The minimum atomic E-state index is -0.772. The highest BCUT2D eigenvalue weighted by Crippen LogP contribution is 2.29. The Morgan fingerprint density at radius 3 is 2.44 bits per heavy atom. The molecule has 1 heterocycles. The monoisotopic (exact) mass is 226 g/mol. The fourth-order valence-corrected chi connectivity index (χ4v) is 2.22. The molecular formula is C11H18N2O3. The molecule has 0 atom stereocenters. The Bertz CT molecular complexity index is 296. The molecule has 1 saturated carbocycles. The van der Waals surface area contributed by atoms with Crippen LogP contribution in [0.1, 0.15) is 26.2 Å². The lowest BCUT2D eigenvalue weighted by molar-refractivity contribution is -0.139. The molecule has 0 radical (unpaired) electrons. The number of carbonyl (C=O) groups is 2. The second kappa shape index (κ2) is 4.31. The highest BCUT2D eigenvalue weighted by atomic mass is 16.4. The van der Waals surface area contributed by atoms with Crippen LogP contribution in [0, 0.1) is 5.92 Å². The quantitative estimate of drug-likeness (QED) is 0.777. The van der Waals surface area contributed by atoms with Crippen LogP contribution >= 0.6 is 0 Å². The van der Waals surface area contributed by atoms with E-state index < -0.39 is 5.97 Å². The summed E-state index contributed by atoms with van der Waals surface area (Å²) in [6, 6.07) is 0.530. The number of carboxylic acids is 1. The molecule has 2 fully saturated rings. The first kappa shape index (κ1) is 11.2. The van der Waals surface area contributed by atoms with Gasteiger partial charge in [-0.15, -0.1) is 0 Å². The summed E-state index contributed by atoms with van der Waals surface area (Å²) in [5.41, 5.74) is 0. The minimum absolute atomic E-state index is 0.0895. The largest absolute Gasteiger partial charge is 0.481 e. The summed E-state index contributed by atoms with van der Waals surface area (Å²) >= 11 is 0. The van der Waals surface area contributed by atoms with Gasteiger partial charge in [-0.25, -0.2) is 4.79 Å². The van der Waals surface area contributed by atoms with Crippen molar-refractivity contribution in [2.75, 3.05) is 19.6 Å². The maximum absolute atomic E-state index is 12.0. The Labute approximate surface area is 95.0 Å². The molecule has 1 N–H and O–H groups in total. The molecule has 0 aromatic rings. The van der Waals surface area contributed by atoms with Crippen molar-refractivity contribution in [1.82, 2.24) is 9.80 Å². The molecule has 0 aromatic heterocycles. The fourth-order valence-electron chi connectivity index (χ4n) is 2.22. The predicted octanol–water partition coefficient (Wildman–Crippen LogP) is 0.997. The molecule has 0 aromatic carbocycles. The van der Waals surface area contributed by atoms with E-state index in [1.165, 1.54) is 0 Å². The third-order valence-electron chi connectivity index (χ3n) is 3.27. The zero-order chi connectivity index (χ0) is 11.7. The topological polar surface area (TPSA) is 60.9 Å². The highest BCUT2D eigenvalue weighted by Gasteiger charge is 2.38. The van der Waals surface area contributed by atoms with Gasteiger partial charge in [0.1, 0.15) is 0 Å². The molecule has 1 saturated heterocycles. The van der Waals surface area contributed by atoms with Crippen LogP contribution < -0.4 is 0 Å². The van der Waals surface area contributed by atoms with Gasteiger partial charge < -0.3 is 14.9 Å². The standard InChI is InChI=1S/C11H18N2O3/c1-2-13(9-3-4-9)11(16)12-6-8(7-12)5-10(14)15/h8-9H,2-7H2,1H3,(H,14,15). The van der Waals surface area contributed by atoms with Gasteiger partial charge in [-0.1, -0.05) is 0 Å². The number of urea groups is 1. The number of aliphatic carboxylic acids is 1. The van der Waals surface area contributed by atoms with E-state index in [0.29, 0.717) is 19.1 Å². The molecule has 0 bridgehead atoms. The first-order valence-corrected chi connectivity index (χ1v) is 5.89. The van der Waals surface area contributed by atoms with Crippen LogP contribution in [0.25, 0.3) is 0 Å². The van der Waals surface area contributed by atoms with Gasteiger partial charge in [0.2, 0.25) is 0 Å². The molecule has 2 rings (SSSR count). The van der Waals surface area contributed by atoms with Crippen molar-refractivity contribution in [1.29, 1.82) is 0 Å². The van der Waals surface area contributed by atoms with Gasteiger partial charge in [0.05, 0.1) is 6.42 Å². The Hall–Kier alpha value is -1.26. The van der Waals surface area contributed by atoms with E-state index in [9.17, 15) is 9.59 Å². The van der Waals surface area contributed by atoms with Gasteiger partial charge in [0, 0.05) is 31.6 Å². The van der Waals surface area contributed by atoms with Crippen LogP contribution in [0.15, 0.2) is 0 Å². The first-order chi connectivity index (χ1) is 7.61. The minimum Gasteiger partial charge on any atom is -0.481 e. The number of rotatable bonds is 4. The van der Waals surface area contributed by atoms with Gasteiger partial charge in [0.25, 0.3) is 0 Å². The molecule has 1 aliphatic carbocycles. The zero-order valence-corrected chi connectivity index (χ0v) is 9.56. The third-order valence-corrected chi connectivity index (χ3v) is 3.27. The van der Waals surface area contributed by atoms with Crippen molar-refractivity contribution < 1.29 is 14.7 Å². The number of hydrogen-bond donors (Lipinski definition) is 1. The number of carbonyl (C=O) groups excluding carboxylic acids is 1. The van der Waals surface area contributed by atoms with Crippen LogP contribution in [0.3, 0.4) is 0 Å². The van der Waals surface area contributed by atoms with Crippen molar-refractivity contribution in [3.8, 4) is 0 Å². The van der Waals surface area contributed by atoms with Gasteiger partial charge in [-0.05, 0) is 19.8 Å². The van der Waals surface area contributed by atoms with Gasteiger partial charge in [-0.3, -0.25) is 4.79 Å². The van der Waals surface area contributed by atoms with Crippen molar-refractivity contribution in [2.45, 2.75) is 32.2 Å². The summed E-state index contributed by atoms with van der Waals surface area (Å²) in [6.07, 6.45) is 2.41. The third kappa shape index (κ3) is 2.28. The van der Waals surface area contributed by atoms with Crippen molar-refractivity contribution in [3.05, 3.63) is 0 Å². The lowest BCUT2D eigenvalue weighted by Crippen LogP contribution is -2.55. The van der Waals surface area contributed by atoms with E-state index in [4.69, 9.17) is 5.11 Å². The van der Waals surface area contributed by atoms with Crippen LogP contribution in [0.5, 0.6) is 0 Å². The molecule has 5 nitrogen and oxygen atoms in total. The molecule has 5 heteroatoms. The summed E-state index contributed by atoms with van der Waals surface area (Å²) < 4.78 is 0. The summed E-state index contributed by atoms with van der Waals surface area (Å²) in [4.78, 5) is 26.1. The summed E-state index contributed by atoms with van der Waals surface area (Å²) in [5, 5.41) is 8.61. The molecule has 2 aliphatic rings. The lowest BCUT2D eigenvalue weighted by Gasteiger charge is -2.41. The number of hydrogen-bond acceptors (Lipinski definition) is 2. The second-order valence-corrected chi connectivity index (χ2v) is 4.67. The average Bonchev–Trinajstić information content (AvgIpc) is 2.95. The molecular weight excluding hydrogens is 208 g/mol. The van der Waals surface area contributed by atoms with Gasteiger partial charge in [0.15, 0.2) is 0 Å². The van der Waals surface area contributed by atoms with Crippen LogP contribution in [0.2, 0.25) is 0 Å². The number of nitrogens with zero attached hydrogens (tertiary/aromatic N) is 2. The highest BCUT2D eigenvalue weighted by molar-refractivity contribution is 5.76. The van der Waals surface area contributed by atoms with E-state index >= 15 is 0 Å². The Morgan fingerprint density at radius 2 is 2.00 bits per heavy atom. The predicted molar refractivity (Wildman–Crippen MR) is 58.1 cm³/mol. The van der Waals surface area contributed by atoms with E-state index in [2.05, 4.69) is 0 Å². The first-order valence-electron chi connectivity index (χ1n) is 5.89. The Morgan fingerprint density at radius 1 is 1.38 bits per heavy atom. The summed E-state index contributed by atoms with van der Waals surface area (Å²) in [6.45, 7) is 3.96. The summed E-state index contributed by atoms with van der Waals surface area (Å²) in [7, 11) is 0. The molecule has 0 spiro atoms. The molecule has 0 unspecified atom stereocenters. The average molecular weight is 226 g/mol. The van der Waals surface area contributed by atoms with Gasteiger partial charge in [-0.2, -0.15) is 0 Å². The molecule has 90 valence electrons. The SMILES string of the molecule is CCN(C(=O)N1CC(CC(=O)O)C1)C1CC1. The normalized spacial score (nSPS) is 20.4. The zero-order valence-electron chi connectivity index (χ0n) is 9.56. The van der Waals surface area contributed by atoms with Crippen molar-refractivity contribution >= 4 is 12.0 Å². The Kier molecular flexibility index (Phi) is 3.03. The number of amides is 2. The van der Waals surface area contributed by atoms with Gasteiger partial charge >= 0.3 is 12.0 Å². The maximum atomic E-state index is 12.0. The van der Waals surface area contributed by atoms with Crippen molar-refractivity contribution in [3.63, 3.8) is 0 Å². The second-order valence-electron chi connectivity index (χ2n) is 4.67. The number of likely N-dealkylation sites (tertiary alicyclic amines) is 1. The van der Waals surface area contributed by atoms with E-state index in [1.54, 1.807) is 4.90 Å². The van der Waals surface area contributed by atoms with Crippen LogP contribution in [-0.4, -0.2) is 52.6 Å². The van der Waals surface area contributed by atoms with E-state index in [0.717, 1.165) is 19.4 Å². The fraction of sp³-hybridized carbons (Fsp3) is 0.818. The van der Waals surface area contributed by atoms with E-state index in [-0.39, 0.29) is 18.4 Å². The lowest BCUT2D eigenvalue weighted by atomic mass is 9.97. The summed E-state index contributed by atoms with van der Waals surface area (Å²) in [5.74, 6) is -0.619. The van der Waals surface area contributed by atoms with Crippen LogP contribution in [0.4, 0.5) is 4.79 Å². The molecule has 2 amide bonds. The maximum Gasteiger partial charge on any atom is 0.320 e. The smallest absolute Gasteiger partial charge is 0.320 e. The Balaban J connectivity index is 1.77. The van der Waals surface area contributed by atoms with Crippen molar-refractivity contribution in [2.24, 2.45) is 5.92 Å². The molecule has 16 heavy (non-hydrogen) atoms. The number of carboxylic acid groups (broad SMARTS) is 1. The van der Waals surface area contributed by atoms with E-state index in [1.807, 2.05) is 11.8 Å². The molecule has 1 aliphatic heterocycles. The van der Waals surface area contributed by atoms with Crippen LogP contribution in [-0.2, 0) is 4.79 Å².